The summed E-state index contributed by atoms with van der Waals surface area (Å²) >= 11 is 0. The lowest BCUT2D eigenvalue weighted by Crippen LogP contribution is -2.76. The second-order valence-corrected chi connectivity index (χ2v) is 9.59. The monoisotopic (exact) mass is 516 g/mol. The fraction of sp³-hybridized carbons (Fsp3) is 0.435. The first-order valence-corrected chi connectivity index (χ1v) is 10.9. The molecule has 1 unspecified atom stereocenters. The Kier molecular flexibility index (Phi) is 5.36. The first kappa shape index (κ1) is 24.5. The van der Waals surface area contributed by atoms with Crippen LogP contribution in [-0.4, -0.2) is 44.0 Å². The molecule has 6 nitrogen and oxygen atoms in total. The summed E-state index contributed by atoms with van der Waals surface area (Å²) in [5.74, 6) is -6.14. The molecule has 6 rings (SSSR count). The maximum absolute atomic E-state index is 16.1. The van der Waals surface area contributed by atoms with Gasteiger partial charge in [-0.15, -0.1) is 5.10 Å². The highest BCUT2D eigenvalue weighted by Crippen LogP contribution is 2.80. The van der Waals surface area contributed by atoms with Gasteiger partial charge in [-0.05, 0) is 71.0 Å². The largest absolute Gasteiger partial charge is 0.484 e. The van der Waals surface area contributed by atoms with Crippen molar-refractivity contribution in [2.75, 3.05) is 6.61 Å². The Labute approximate surface area is 199 Å². The molecule has 1 heterocycles. The zero-order chi connectivity index (χ0) is 26.0. The summed E-state index contributed by atoms with van der Waals surface area (Å²) in [6.07, 6.45) is -3.71. The van der Waals surface area contributed by atoms with E-state index < -0.39 is 58.9 Å². The molecular weight excluding hydrogens is 497 g/mol. The molecule has 3 saturated carbocycles. The van der Waals surface area contributed by atoms with Gasteiger partial charge in [0.05, 0.1) is 6.54 Å². The van der Waals surface area contributed by atoms with Gasteiger partial charge in [0, 0.05) is 11.0 Å². The number of tetrazole rings is 1. The normalized spacial score (nSPS) is 25.0. The lowest BCUT2D eigenvalue weighted by Gasteiger charge is -2.74. The molecule has 3 aliphatic carbocycles. The number of hydrogen-bond acceptors (Lipinski definition) is 5. The molecule has 0 amide bonds. The van der Waals surface area contributed by atoms with Crippen molar-refractivity contribution in [3.63, 3.8) is 0 Å². The molecule has 2 aromatic carbocycles. The lowest BCUT2D eigenvalue weighted by molar-refractivity contribution is -0.347. The van der Waals surface area contributed by atoms with Crippen LogP contribution in [0.15, 0.2) is 48.8 Å². The molecule has 13 heteroatoms. The average Bonchev–Trinajstić information content (AvgIpc) is 3.25. The Morgan fingerprint density at radius 3 is 2.22 bits per heavy atom. The molecule has 1 atom stereocenters. The third-order valence-corrected chi connectivity index (χ3v) is 7.24. The number of alkyl halides is 5. The third-order valence-electron chi connectivity index (χ3n) is 7.24. The molecule has 0 saturated heterocycles. The molecule has 0 radical (unpaired) electrons. The molecule has 36 heavy (non-hydrogen) atoms. The standard InChI is InChI=1S/C23H19F7N4O2/c24-15-3-6-18(25)17(7-15)21(35,11-34-13-31-32-33-34)23(29,30)20-8-19(9-20,10-20)14-1-4-16(5-2-14)36-12-22(26,27)28/h1-7,13,35H,8-12H2. The van der Waals surface area contributed by atoms with Crippen molar-refractivity contribution in [1.82, 2.24) is 20.2 Å². The molecular formula is C23H19F7N4O2. The van der Waals surface area contributed by atoms with Crippen molar-refractivity contribution in [3.8, 4) is 5.75 Å². The topological polar surface area (TPSA) is 73.1 Å². The first-order valence-electron chi connectivity index (χ1n) is 10.9. The van der Waals surface area contributed by atoms with Gasteiger partial charge in [-0.25, -0.2) is 22.2 Å². The predicted octanol–water partition coefficient (Wildman–Crippen LogP) is 4.54. The summed E-state index contributed by atoms with van der Waals surface area (Å²) in [5, 5.41) is 21.5. The summed E-state index contributed by atoms with van der Waals surface area (Å²) < 4.78 is 103. The van der Waals surface area contributed by atoms with Crippen molar-refractivity contribution >= 4 is 0 Å². The van der Waals surface area contributed by atoms with Gasteiger partial charge < -0.3 is 9.84 Å². The maximum Gasteiger partial charge on any atom is 0.422 e. The number of rotatable bonds is 8. The van der Waals surface area contributed by atoms with E-state index in [9.17, 15) is 27.1 Å². The van der Waals surface area contributed by atoms with Crippen LogP contribution in [0.4, 0.5) is 30.7 Å². The van der Waals surface area contributed by atoms with E-state index in [-0.39, 0.29) is 25.0 Å². The van der Waals surface area contributed by atoms with E-state index in [1.165, 1.54) is 24.3 Å². The van der Waals surface area contributed by atoms with E-state index in [0.29, 0.717) is 17.7 Å². The van der Waals surface area contributed by atoms with E-state index in [1.807, 2.05) is 0 Å². The number of halogens is 7. The molecule has 0 aliphatic heterocycles. The Hall–Kier alpha value is -3.22. The molecule has 2 bridgehead atoms. The van der Waals surface area contributed by atoms with Gasteiger partial charge >= 0.3 is 6.18 Å². The minimum absolute atomic E-state index is 0.0138. The first-order chi connectivity index (χ1) is 16.8. The van der Waals surface area contributed by atoms with Crippen LogP contribution in [0.2, 0.25) is 0 Å². The molecule has 1 aromatic heterocycles. The van der Waals surface area contributed by atoms with Crippen molar-refractivity contribution in [2.45, 2.75) is 48.9 Å². The number of hydrogen-bond donors (Lipinski definition) is 1. The van der Waals surface area contributed by atoms with Crippen LogP contribution in [0.1, 0.15) is 30.4 Å². The van der Waals surface area contributed by atoms with Crippen LogP contribution in [0, 0.1) is 17.0 Å². The summed E-state index contributed by atoms with van der Waals surface area (Å²) in [6, 6.07) is 7.67. The van der Waals surface area contributed by atoms with E-state index in [2.05, 4.69) is 20.3 Å². The number of aliphatic hydroxyl groups is 1. The highest BCUT2D eigenvalue weighted by atomic mass is 19.4. The minimum atomic E-state index is -4.50. The van der Waals surface area contributed by atoms with Crippen molar-refractivity contribution in [3.05, 3.63) is 71.6 Å². The quantitative estimate of drug-likeness (QED) is 0.446. The van der Waals surface area contributed by atoms with E-state index >= 15 is 8.78 Å². The Bertz CT molecular complexity index is 1240. The van der Waals surface area contributed by atoms with Gasteiger partial charge in [-0.1, -0.05) is 12.1 Å². The summed E-state index contributed by atoms with van der Waals surface area (Å²) in [7, 11) is 0. The van der Waals surface area contributed by atoms with Crippen LogP contribution < -0.4 is 4.74 Å². The van der Waals surface area contributed by atoms with E-state index in [0.717, 1.165) is 17.1 Å². The SMILES string of the molecule is OC(Cn1cnnn1)(c1cc(F)ccc1F)C(F)(F)C12CC(c3ccc(OCC(F)(F)F)cc3)(C1)C2. The number of nitrogens with zero attached hydrogens (tertiary/aromatic N) is 4. The summed E-state index contributed by atoms with van der Waals surface area (Å²) in [6.45, 7) is -2.38. The zero-order valence-corrected chi connectivity index (χ0v) is 18.4. The maximum atomic E-state index is 16.1. The molecule has 3 fully saturated rings. The molecule has 192 valence electrons. The summed E-state index contributed by atoms with van der Waals surface area (Å²) in [5.41, 5.74) is -5.81. The highest BCUT2D eigenvalue weighted by molar-refractivity contribution is 5.44. The Morgan fingerprint density at radius 2 is 1.64 bits per heavy atom. The lowest BCUT2D eigenvalue weighted by atomic mass is 9.30. The van der Waals surface area contributed by atoms with Crippen molar-refractivity contribution in [2.24, 2.45) is 5.41 Å². The van der Waals surface area contributed by atoms with Crippen LogP contribution >= 0.6 is 0 Å². The second-order valence-electron chi connectivity index (χ2n) is 9.59. The summed E-state index contributed by atoms with van der Waals surface area (Å²) in [4.78, 5) is 0. The number of benzene rings is 2. The van der Waals surface area contributed by atoms with Crippen molar-refractivity contribution < 1.29 is 40.6 Å². The molecule has 0 spiro atoms. The predicted molar refractivity (Wildman–Crippen MR) is 109 cm³/mol. The smallest absolute Gasteiger partial charge is 0.422 e. The van der Waals surface area contributed by atoms with E-state index in [1.54, 1.807) is 0 Å². The van der Waals surface area contributed by atoms with Crippen LogP contribution in [0.25, 0.3) is 0 Å². The van der Waals surface area contributed by atoms with Gasteiger partial charge in [0.15, 0.2) is 12.2 Å². The highest BCUT2D eigenvalue weighted by Gasteiger charge is 2.82. The van der Waals surface area contributed by atoms with Gasteiger partial charge in [-0.2, -0.15) is 13.2 Å². The van der Waals surface area contributed by atoms with Gasteiger partial charge in [0.25, 0.3) is 5.92 Å². The second kappa shape index (κ2) is 7.89. The fourth-order valence-corrected chi connectivity index (χ4v) is 5.59. The van der Waals surface area contributed by atoms with Crippen molar-refractivity contribution in [1.29, 1.82) is 0 Å². The van der Waals surface area contributed by atoms with Crippen LogP contribution in [0.5, 0.6) is 5.75 Å². The van der Waals surface area contributed by atoms with Gasteiger partial charge in [-0.3, -0.25) is 0 Å². The Balaban J connectivity index is 1.40. The minimum Gasteiger partial charge on any atom is -0.484 e. The fourth-order valence-electron chi connectivity index (χ4n) is 5.59. The molecule has 3 aromatic rings. The van der Waals surface area contributed by atoms with E-state index in [4.69, 9.17) is 0 Å². The van der Waals surface area contributed by atoms with Crippen LogP contribution in [0.3, 0.4) is 0 Å². The number of aromatic nitrogens is 4. The van der Waals surface area contributed by atoms with Crippen LogP contribution in [-0.2, 0) is 17.6 Å². The third kappa shape index (κ3) is 3.71. The molecule has 3 aliphatic rings. The Morgan fingerprint density at radius 1 is 0.972 bits per heavy atom. The van der Waals surface area contributed by atoms with Gasteiger partial charge in [0.1, 0.15) is 23.7 Å². The zero-order valence-electron chi connectivity index (χ0n) is 18.4. The number of ether oxygens (including phenoxy) is 1. The average molecular weight is 516 g/mol. The molecule has 1 N–H and O–H groups in total. The van der Waals surface area contributed by atoms with Gasteiger partial charge in [0.2, 0.25) is 0 Å².